The van der Waals surface area contributed by atoms with E-state index in [0.717, 1.165) is 5.56 Å². The first kappa shape index (κ1) is 13.4. The van der Waals surface area contributed by atoms with Gasteiger partial charge in [-0.2, -0.15) is 0 Å². The van der Waals surface area contributed by atoms with Gasteiger partial charge in [-0.1, -0.05) is 19.9 Å². The van der Waals surface area contributed by atoms with E-state index in [2.05, 4.69) is 0 Å². The number of methoxy groups -OCH3 is 1. The molecule has 5 nitrogen and oxygen atoms in total. The molecule has 1 aromatic rings. The maximum absolute atomic E-state index is 10.9. The number of nitrogens with two attached hydrogens (primary N) is 1. The molecule has 17 heavy (non-hydrogen) atoms. The highest BCUT2D eigenvalue weighted by Crippen LogP contribution is 2.30. The first-order valence-corrected chi connectivity index (χ1v) is 5.41. The van der Waals surface area contributed by atoms with Crippen LogP contribution in [0.1, 0.15) is 19.4 Å². The average molecular weight is 238 g/mol. The third kappa shape index (κ3) is 3.42. The zero-order valence-corrected chi connectivity index (χ0v) is 10.4. The minimum Gasteiger partial charge on any atom is -0.490 e. The van der Waals surface area contributed by atoms with Crippen LogP contribution in [0.5, 0.6) is 5.75 Å². The second-order valence-electron chi connectivity index (χ2n) is 4.81. The van der Waals surface area contributed by atoms with Crippen LogP contribution in [0.3, 0.4) is 0 Å². The van der Waals surface area contributed by atoms with Crippen molar-refractivity contribution in [2.45, 2.75) is 20.3 Å². The molecule has 0 bridgehead atoms. The summed E-state index contributed by atoms with van der Waals surface area (Å²) >= 11 is 0. The average Bonchev–Trinajstić information content (AvgIpc) is 2.28. The van der Waals surface area contributed by atoms with E-state index in [-0.39, 0.29) is 16.9 Å². The molecule has 0 atom stereocenters. The van der Waals surface area contributed by atoms with Crippen molar-refractivity contribution >= 4 is 5.69 Å². The highest BCUT2D eigenvalue weighted by atomic mass is 16.6. The summed E-state index contributed by atoms with van der Waals surface area (Å²) < 4.78 is 4.95. The molecule has 0 unspecified atom stereocenters. The zero-order chi connectivity index (χ0) is 13.1. The molecule has 0 amide bonds. The Bertz CT molecular complexity index is 416. The van der Waals surface area contributed by atoms with Gasteiger partial charge < -0.3 is 10.5 Å². The zero-order valence-electron chi connectivity index (χ0n) is 10.4. The summed E-state index contributed by atoms with van der Waals surface area (Å²) in [7, 11) is 1.42. The molecular formula is C12H18N2O3. The maximum Gasteiger partial charge on any atom is 0.311 e. The van der Waals surface area contributed by atoms with Crippen LogP contribution in [0.15, 0.2) is 18.2 Å². The van der Waals surface area contributed by atoms with Crippen molar-refractivity contribution < 1.29 is 9.66 Å². The van der Waals surface area contributed by atoms with Gasteiger partial charge in [-0.15, -0.1) is 0 Å². The van der Waals surface area contributed by atoms with E-state index in [1.165, 1.54) is 7.11 Å². The lowest BCUT2D eigenvalue weighted by molar-refractivity contribution is -0.385. The molecule has 5 heteroatoms. The fourth-order valence-corrected chi connectivity index (χ4v) is 1.61. The number of hydrogen-bond acceptors (Lipinski definition) is 4. The lowest BCUT2D eigenvalue weighted by atomic mass is 9.86. The van der Waals surface area contributed by atoms with Crippen molar-refractivity contribution in [3.05, 3.63) is 33.9 Å². The Hall–Kier alpha value is -1.62. The predicted octanol–water partition coefficient (Wildman–Crippen LogP) is 2.13. The Morgan fingerprint density at radius 3 is 2.59 bits per heavy atom. The molecular weight excluding hydrogens is 220 g/mol. The van der Waals surface area contributed by atoms with Crippen molar-refractivity contribution in [3.8, 4) is 5.75 Å². The van der Waals surface area contributed by atoms with Crippen LogP contribution in [0.4, 0.5) is 5.69 Å². The quantitative estimate of drug-likeness (QED) is 0.629. The van der Waals surface area contributed by atoms with Crippen LogP contribution >= 0.6 is 0 Å². The standard InChI is InChI=1S/C12H18N2O3/c1-12(2,8-13)7-9-4-5-11(17-3)10(6-9)14(15)16/h4-6H,7-8,13H2,1-3H3. The normalized spacial score (nSPS) is 11.3. The Labute approximate surface area is 101 Å². The lowest BCUT2D eigenvalue weighted by Crippen LogP contribution is -2.25. The second-order valence-corrected chi connectivity index (χ2v) is 4.81. The number of rotatable bonds is 5. The van der Waals surface area contributed by atoms with Crippen LogP contribution in [0, 0.1) is 15.5 Å². The van der Waals surface area contributed by atoms with Crippen molar-refractivity contribution in [3.63, 3.8) is 0 Å². The van der Waals surface area contributed by atoms with E-state index in [1.54, 1.807) is 12.1 Å². The molecule has 0 fully saturated rings. The molecule has 0 aliphatic rings. The van der Waals surface area contributed by atoms with Gasteiger partial charge in [0, 0.05) is 6.07 Å². The van der Waals surface area contributed by atoms with Crippen molar-refractivity contribution in [1.82, 2.24) is 0 Å². The number of benzene rings is 1. The molecule has 1 aromatic carbocycles. The van der Waals surface area contributed by atoms with Gasteiger partial charge in [-0.25, -0.2) is 0 Å². The van der Waals surface area contributed by atoms with E-state index in [9.17, 15) is 10.1 Å². The summed E-state index contributed by atoms with van der Waals surface area (Å²) in [6, 6.07) is 5.01. The lowest BCUT2D eigenvalue weighted by Gasteiger charge is -2.22. The van der Waals surface area contributed by atoms with E-state index in [4.69, 9.17) is 10.5 Å². The van der Waals surface area contributed by atoms with Gasteiger partial charge in [0.1, 0.15) is 0 Å². The van der Waals surface area contributed by atoms with Gasteiger partial charge >= 0.3 is 5.69 Å². The molecule has 0 saturated heterocycles. The molecule has 2 N–H and O–H groups in total. The minimum atomic E-state index is -0.433. The Balaban J connectivity index is 3.04. The van der Waals surface area contributed by atoms with Crippen LogP contribution < -0.4 is 10.5 Å². The van der Waals surface area contributed by atoms with Crippen molar-refractivity contribution in [2.75, 3.05) is 13.7 Å². The Kier molecular flexibility index (Phi) is 4.07. The molecule has 0 aliphatic carbocycles. The molecule has 0 radical (unpaired) electrons. The number of nitro benzene ring substituents is 1. The fourth-order valence-electron chi connectivity index (χ4n) is 1.61. The van der Waals surface area contributed by atoms with Gasteiger partial charge in [0.2, 0.25) is 0 Å². The van der Waals surface area contributed by atoms with E-state index in [0.29, 0.717) is 13.0 Å². The number of hydrogen-bond donors (Lipinski definition) is 1. The van der Waals surface area contributed by atoms with Crippen LogP contribution in [-0.4, -0.2) is 18.6 Å². The van der Waals surface area contributed by atoms with Crippen molar-refractivity contribution in [2.24, 2.45) is 11.1 Å². The maximum atomic E-state index is 10.9. The van der Waals surface area contributed by atoms with Gasteiger partial charge in [-0.3, -0.25) is 10.1 Å². The highest BCUT2D eigenvalue weighted by Gasteiger charge is 2.20. The van der Waals surface area contributed by atoms with Gasteiger partial charge in [0.05, 0.1) is 12.0 Å². The number of nitro groups is 1. The molecule has 1 rings (SSSR count). The third-order valence-electron chi connectivity index (χ3n) is 2.68. The first-order chi connectivity index (χ1) is 7.89. The smallest absolute Gasteiger partial charge is 0.311 e. The topological polar surface area (TPSA) is 78.4 Å². The Morgan fingerprint density at radius 2 is 2.12 bits per heavy atom. The van der Waals surface area contributed by atoms with Gasteiger partial charge in [0.15, 0.2) is 5.75 Å². The minimum absolute atomic E-state index is 0.00202. The third-order valence-corrected chi connectivity index (χ3v) is 2.68. The van der Waals surface area contributed by atoms with E-state index in [1.807, 2.05) is 19.9 Å². The van der Waals surface area contributed by atoms with Crippen molar-refractivity contribution in [1.29, 1.82) is 0 Å². The highest BCUT2D eigenvalue weighted by molar-refractivity contribution is 5.48. The van der Waals surface area contributed by atoms with Crippen LogP contribution in [-0.2, 0) is 6.42 Å². The number of nitrogens with zero attached hydrogens (tertiary/aromatic N) is 1. The second kappa shape index (κ2) is 5.14. The molecule has 94 valence electrons. The van der Waals surface area contributed by atoms with Crippen LogP contribution in [0.25, 0.3) is 0 Å². The van der Waals surface area contributed by atoms with Crippen LogP contribution in [0.2, 0.25) is 0 Å². The summed E-state index contributed by atoms with van der Waals surface area (Å²) in [5, 5.41) is 10.9. The van der Waals surface area contributed by atoms with E-state index >= 15 is 0 Å². The summed E-state index contributed by atoms with van der Waals surface area (Å²) in [6.45, 7) is 4.60. The summed E-state index contributed by atoms with van der Waals surface area (Å²) in [4.78, 5) is 10.4. The van der Waals surface area contributed by atoms with Gasteiger partial charge in [0.25, 0.3) is 0 Å². The summed E-state index contributed by atoms with van der Waals surface area (Å²) in [5.74, 6) is 0.282. The predicted molar refractivity (Wildman–Crippen MR) is 66.2 cm³/mol. The van der Waals surface area contributed by atoms with Gasteiger partial charge in [-0.05, 0) is 30.0 Å². The SMILES string of the molecule is COc1ccc(CC(C)(C)CN)cc1[N+](=O)[O-]. The fraction of sp³-hybridized carbons (Fsp3) is 0.500. The number of ether oxygens (including phenoxy) is 1. The molecule has 0 aliphatic heterocycles. The van der Waals surface area contributed by atoms with E-state index < -0.39 is 4.92 Å². The molecule has 0 saturated carbocycles. The first-order valence-electron chi connectivity index (χ1n) is 5.41. The Morgan fingerprint density at radius 1 is 1.47 bits per heavy atom. The summed E-state index contributed by atoms with van der Waals surface area (Å²) in [6.07, 6.45) is 0.703. The molecule has 0 heterocycles. The summed E-state index contributed by atoms with van der Waals surface area (Å²) in [5.41, 5.74) is 6.48. The monoisotopic (exact) mass is 238 g/mol. The largest absolute Gasteiger partial charge is 0.490 e. The molecule has 0 aromatic heterocycles. The molecule has 0 spiro atoms.